The maximum atomic E-state index is 12.8. The van der Waals surface area contributed by atoms with E-state index in [4.69, 9.17) is 14.2 Å². The summed E-state index contributed by atoms with van der Waals surface area (Å²) in [6.07, 6.45) is 79.2. The minimum absolute atomic E-state index is 0.149. The predicted molar refractivity (Wildman–Crippen MR) is 288 cm³/mol. The van der Waals surface area contributed by atoms with Gasteiger partial charge in [0.15, 0.2) is 6.10 Å². The van der Waals surface area contributed by atoms with Gasteiger partial charge < -0.3 is 14.2 Å². The summed E-state index contributed by atoms with van der Waals surface area (Å²) >= 11 is 0. The zero-order valence-corrected chi connectivity index (χ0v) is 42.1. The first kappa shape index (κ1) is 61.8. The zero-order valence-electron chi connectivity index (χ0n) is 42.1. The molecule has 0 rings (SSSR count). The van der Waals surface area contributed by atoms with E-state index < -0.39 is 12.1 Å². The van der Waals surface area contributed by atoms with E-state index >= 15 is 0 Å². The molecule has 0 aromatic carbocycles. The molecule has 0 unspecified atom stereocenters. The van der Waals surface area contributed by atoms with E-state index in [2.05, 4.69) is 191 Å². The average Bonchev–Trinajstić information content (AvgIpc) is 3.33. The fourth-order valence-electron chi connectivity index (χ4n) is 5.97. The van der Waals surface area contributed by atoms with Gasteiger partial charge in [-0.1, -0.05) is 191 Å². The molecule has 0 aromatic rings. The average molecular weight is 919 g/mol. The molecule has 0 amide bonds. The topological polar surface area (TPSA) is 78.9 Å². The molecule has 67 heavy (non-hydrogen) atoms. The highest BCUT2D eigenvalue weighted by molar-refractivity contribution is 5.71. The third kappa shape index (κ3) is 51.6. The summed E-state index contributed by atoms with van der Waals surface area (Å²) < 4.78 is 16.7. The highest BCUT2D eigenvalue weighted by Gasteiger charge is 2.19. The number of esters is 3. The first-order valence-electron chi connectivity index (χ1n) is 25.6. The third-order valence-corrected chi connectivity index (χ3v) is 9.70. The Bertz CT molecular complexity index is 1620. The Morgan fingerprint density at radius 3 is 0.836 bits per heavy atom. The zero-order chi connectivity index (χ0) is 48.6. The quantitative estimate of drug-likeness (QED) is 0.0262. The molecule has 370 valence electrons. The van der Waals surface area contributed by atoms with Gasteiger partial charge in [-0.15, -0.1) is 0 Å². The van der Waals surface area contributed by atoms with Crippen molar-refractivity contribution in [1.82, 2.24) is 0 Å². The summed E-state index contributed by atoms with van der Waals surface area (Å²) in [6, 6.07) is 0. The van der Waals surface area contributed by atoms with Crippen molar-refractivity contribution >= 4 is 17.9 Å². The van der Waals surface area contributed by atoms with Crippen LogP contribution >= 0.6 is 0 Å². The molecule has 0 aromatic heterocycles. The van der Waals surface area contributed by atoms with E-state index in [9.17, 15) is 14.4 Å². The highest BCUT2D eigenvalue weighted by atomic mass is 16.6. The van der Waals surface area contributed by atoms with E-state index in [0.29, 0.717) is 19.3 Å². The molecule has 0 bridgehead atoms. The SMILES string of the molecule is CC/C=C\C/C=C\C/C=C\C/C=C\C/C=C\CCCC(=O)OC[C@H](COC(=O)CCCC/C=C\C/C=C\C/C=C\C/C=C\CC)OC(=O)CCC/C=C\C/C=C\C/C=C\C/C=C\C/C=C\CC. The maximum Gasteiger partial charge on any atom is 0.306 e. The first-order chi connectivity index (χ1) is 33.0. The monoisotopic (exact) mass is 919 g/mol. The molecular weight excluding hydrogens is 829 g/mol. The lowest BCUT2D eigenvalue weighted by Gasteiger charge is -2.18. The second-order valence-corrected chi connectivity index (χ2v) is 15.9. The molecule has 1 atom stereocenters. The van der Waals surface area contributed by atoms with Crippen LogP contribution in [0.1, 0.15) is 175 Å². The second kappa shape index (κ2) is 53.4. The van der Waals surface area contributed by atoms with E-state index in [1.54, 1.807) is 0 Å². The summed E-state index contributed by atoms with van der Waals surface area (Å²) in [5, 5.41) is 0. The van der Waals surface area contributed by atoms with Gasteiger partial charge in [-0.25, -0.2) is 0 Å². The van der Waals surface area contributed by atoms with Crippen molar-refractivity contribution in [2.45, 2.75) is 181 Å². The summed E-state index contributed by atoms with van der Waals surface area (Å²) in [7, 11) is 0. The number of rotatable bonds is 43. The van der Waals surface area contributed by atoms with Gasteiger partial charge in [0, 0.05) is 19.3 Å². The van der Waals surface area contributed by atoms with E-state index in [0.717, 1.165) is 116 Å². The van der Waals surface area contributed by atoms with Gasteiger partial charge >= 0.3 is 17.9 Å². The molecule has 0 aliphatic rings. The minimum atomic E-state index is -0.857. The van der Waals surface area contributed by atoms with Crippen molar-refractivity contribution in [3.05, 3.63) is 170 Å². The van der Waals surface area contributed by atoms with Crippen LogP contribution in [0.5, 0.6) is 0 Å². The summed E-state index contributed by atoms with van der Waals surface area (Å²) in [5.74, 6) is -1.12. The van der Waals surface area contributed by atoms with Crippen molar-refractivity contribution in [2.75, 3.05) is 13.2 Å². The molecule has 0 spiro atoms. The number of allylic oxidation sites excluding steroid dienone is 28. The Labute approximate surface area is 409 Å². The van der Waals surface area contributed by atoms with Gasteiger partial charge in [-0.05, 0) is 135 Å². The van der Waals surface area contributed by atoms with Gasteiger partial charge in [0.25, 0.3) is 0 Å². The van der Waals surface area contributed by atoms with Crippen molar-refractivity contribution in [3.63, 3.8) is 0 Å². The molecule has 6 heteroatoms. The minimum Gasteiger partial charge on any atom is -0.462 e. The number of carbonyl (C=O) groups excluding carboxylic acids is 3. The third-order valence-electron chi connectivity index (χ3n) is 9.70. The van der Waals surface area contributed by atoms with Gasteiger partial charge in [-0.3, -0.25) is 14.4 Å². The van der Waals surface area contributed by atoms with Crippen LogP contribution in [0.4, 0.5) is 0 Å². The maximum absolute atomic E-state index is 12.8. The van der Waals surface area contributed by atoms with Gasteiger partial charge in [0.1, 0.15) is 13.2 Å². The lowest BCUT2D eigenvalue weighted by atomic mass is 10.2. The molecule has 0 aliphatic heterocycles. The molecule has 6 nitrogen and oxygen atoms in total. The van der Waals surface area contributed by atoms with Crippen LogP contribution in [0.3, 0.4) is 0 Å². The Morgan fingerprint density at radius 2 is 0.537 bits per heavy atom. The van der Waals surface area contributed by atoms with Crippen molar-refractivity contribution in [3.8, 4) is 0 Å². The number of carbonyl (C=O) groups is 3. The summed E-state index contributed by atoms with van der Waals surface area (Å²) in [5.41, 5.74) is 0. The van der Waals surface area contributed by atoms with Crippen LogP contribution in [-0.2, 0) is 28.6 Å². The Balaban J connectivity index is 4.69. The molecule has 0 saturated carbocycles. The normalized spacial score (nSPS) is 13.5. The number of unbranched alkanes of at least 4 members (excludes halogenated alkanes) is 4. The molecule has 0 N–H and O–H groups in total. The second-order valence-electron chi connectivity index (χ2n) is 15.9. The van der Waals surface area contributed by atoms with Crippen LogP contribution in [0.25, 0.3) is 0 Å². The van der Waals surface area contributed by atoms with Crippen molar-refractivity contribution in [2.24, 2.45) is 0 Å². The van der Waals surface area contributed by atoms with Gasteiger partial charge in [0.05, 0.1) is 0 Å². The Kier molecular flexibility index (Phi) is 49.2. The van der Waals surface area contributed by atoms with E-state index in [-0.39, 0.29) is 44.4 Å². The predicted octanol–water partition coefficient (Wildman–Crippen LogP) is 17.2. The van der Waals surface area contributed by atoms with Crippen LogP contribution in [0.15, 0.2) is 170 Å². The van der Waals surface area contributed by atoms with E-state index in [1.807, 2.05) is 0 Å². The molecule has 0 fully saturated rings. The lowest BCUT2D eigenvalue weighted by Crippen LogP contribution is -2.30. The molecule has 0 heterocycles. The first-order valence-corrected chi connectivity index (χ1v) is 25.6. The van der Waals surface area contributed by atoms with Gasteiger partial charge in [0.2, 0.25) is 0 Å². The lowest BCUT2D eigenvalue weighted by molar-refractivity contribution is -0.167. The molecule has 0 radical (unpaired) electrons. The summed E-state index contributed by atoms with van der Waals surface area (Å²) in [4.78, 5) is 38.0. The molecule has 0 aliphatic carbocycles. The molecular formula is C61H90O6. The smallest absolute Gasteiger partial charge is 0.306 e. The molecule has 0 saturated heterocycles. The van der Waals surface area contributed by atoms with Crippen LogP contribution in [0.2, 0.25) is 0 Å². The summed E-state index contributed by atoms with van der Waals surface area (Å²) in [6.45, 7) is 6.12. The fraction of sp³-hybridized carbons (Fsp3) is 0.492. The van der Waals surface area contributed by atoms with Crippen molar-refractivity contribution in [1.29, 1.82) is 0 Å². The number of ether oxygens (including phenoxy) is 3. The number of hydrogen-bond donors (Lipinski definition) is 0. The Hall–Kier alpha value is -5.23. The number of hydrogen-bond acceptors (Lipinski definition) is 6. The van der Waals surface area contributed by atoms with Crippen molar-refractivity contribution < 1.29 is 28.6 Å². The van der Waals surface area contributed by atoms with Crippen LogP contribution in [0, 0.1) is 0 Å². The van der Waals surface area contributed by atoms with E-state index in [1.165, 1.54) is 0 Å². The van der Waals surface area contributed by atoms with Crippen LogP contribution in [-0.4, -0.2) is 37.2 Å². The van der Waals surface area contributed by atoms with Crippen LogP contribution < -0.4 is 0 Å². The van der Waals surface area contributed by atoms with Gasteiger partial charge in [-0.2, -0.15) is 0 Å². The fourth-order valence-corrected chi connectivity index (χ4v) is 5.97. The Morgan fingerprint density at radius 1 is 0.299 bits per heavy atom. The largest absolute Gasteiger partial charge is 0.462 e. The highest BCUT2D eigenvalue weighted by Crippen LogP contribution is 2.09. The standard InChI is InChI=1S/C61H90O6/c1-4-7-10-13-16-19-22-25-28-30-33-36-39-42-45-48-51-54-60(63)66-57-58(56-65-59(62)53-50-47-44-41-38-35-32-27-24-21-18-15-12-9-6-3)67-61(64)55-52-49-46-43-40-37-34-31-29-26-23-20-17-14-11-8-5-2/h7-12,16-21,25-29,32-34,36-38,41-43,45-46,58H,4-6,13-15,22-24,30-31,35,39-40,44,47-57H2,1-3H3/b10-7-,11-8-,12-9-,19-16-,20-17-,21-18-,28-25-,29-26-,32-27-,36-33-,37-34-,41-38-,45-42-,46-43-/t58-/m0/s1.